The Hall–Kier alpha value is -0.790. The molecule has 0 aromatic heterocycles. The molecular weight excluding hydrogens is 174 g/mol. The van der Waals surface area contributed by atoms with Gasteiger partial charge in [-0.3, -0.25) is 4.79 Å². The molecular formula is C12H21NO. The van der Waals surface area contributed by atoms with Crippen molar-refractivity contribution in [3.05, 3.63) is 11.1 Å². The maximum absolute atomic E-state index is 11.5. The lowest BCUT2D eigenvalue weighted by Crippen LogP contribution is -2.21. The quantitative estimate of drug-likeness (QED) is 0.620. The highest BCUT2D eigenvalue weighted by molar-refractivity contribution is 5.78. The van der Waals surface area contributed by atoms with Crippen molar-refractivity contribution in [2.45, 2.75) is 40.0 Å². The van der Waals surface area contributed by atoms with Crippen LogP contribution in [0.1, 0.15) is 40.0 Å². The average molecular weight is 195 g/mol. The third-order valence-corrected chi connectivity index (χ3v) is 3.46. The molecule has 0 aliphatic heterocycles. The summed E-state index contributed by atoms with van der Waals surface area (Å²) in [5, 5.41) is 0. The zero-order chi connectivity index (χ0) is 10.9. The topological polar surface area (TPSA) is 20.3 Å². The second kappa shape index (κ2) is 3.76. The number of carbonyl (C=O) groups excluding carboxylic acids is 1. The van der Waals surface area contributed by atoms with Gasteiger partial charge in [0.2, 0.25) is 5.91 Å². The minimum Gasteiger partial charge on any atom is -0.349 e. The van der Waals surface area contributed by atoms with Crippen LogP contribution in [0, 0.1) is 5.41 Å². The van der Waals surface area contributed by atoms with E-state index in [9.17, 15) is 4.79 Å². The molecule has 14 heavy (non-hydrogen) atoms. The lowest BCUT2D eigenvalue weighted by Gasteiger charge is -2.19. The monoisotopic (exact) mass is 195 g/mol. The first kappa shape index (κ1) is 11.3. The molecule has 0 heterocycles. The fourth-order valence-corrected chi connectivity index (χ4v) is 1.88. The minimum absolute atomic E-state index is 0.219. The number of nitrogens with zero attached hydrogens (tertiary/aromatic N) is 1. The average Bonchev–Trinajstić information content (AvgIpc) is 2.32. The summed E-state index contributed by atoms with van der Waals surface area (Å²) in [5.41, 5.74) is 3.09. The predicted octanol–water partition coefficient (Wildman–Crippen LogP) is 2.60. The van der Waals surface area contributed by atoms with Gasteiger partial charge in [0.25, 0.3) is 0 Å². The van der Waals surface area contributed by atoms with Gasteiger partial charge in [0, 0.05) is 20.5 Å². The van der Waals surface area contributed by atoms with E-state index in [1.807, 2.05) is 14.1 Å². The molecule has 1 aliphatic rings. The summed E-state index contributed by atoms with van der Waals surface area (Å²) in [6.07, 6.45) is 2.90. The van der Waals surface area contributed by atoms with E-state index < -0.39 is 0 Å². The normalized spacial score (nSPS) is 20.1. The summed E-state index contributed by atoms with van der Waals surface area (Å²) in [5.74, 6) is 0.219. The molecule has 0 fully saturated rings. The highest BCUT2D eigenvalue weighted by Gasteiger charge is 2.29. The SMILES string of the molecule is CC1=C(CC(=O)N(C)C)CCC1(C)C. The number of rotatable bonds is 2. The fourth-order valence-electron chi connectivity index (χ4n) is 1.88. The summed E-state index contributed by atoms with van der Waals surface area (Å²) < 4.78 is 0. The Balaban J connectivity index is 2.72. The molecule has 80 valence electrons. The van der Waals surface area contributed by atoms with E-state index in [1.54, 1.807) is 4.90 Å². The Morgan fingerprint density at radius 3 is 2.36 bits per heavy atom. The number of amides is 1. The van der Waals surface area contributed by atoms with E-state index in [2.05, 4.69) is 20.8 Å². The van der Waals surface area contributed by atoms with Crippen molar-refractivity contribution in [1.29, 1.82) is 0 Å². The minimum atomic E-state index is 0.219. The number of hydrogen-bond donors (Lipinski definition) is 0. The van der Waals surface area contributed by atoms with Crippen molar-refractivity contribution in [2.24, 2.45) is 5.41 Å². The number of hydrogen-bond acceptors (Lipinski definition) is 1. The van der Waals surface area contributed by atoms with Gasteiger partial charge in [-0.05, 0) is 25.2 Å². The van der Waals surface area contributed by atoms with Crippen molar-refractivity contribution >= 4 is 5.91 Å². The second-order valence-electron chi connectivity index (χ2n) is 5.08. The molecule has 0 radical (unpaired) electrons. The van der Waals surface area contributed by atoms with Crippen LogP contribution in [-0.2, 0) is 4.79 Å². The second-order valence-corrected chi connectivity index (χ2v) is 5.08. The Morgan fingerprint density at radius 1 is 1.43 bits per heavy atom. The van der Waals surface area contributed by atoms with E-state index in [4.69, 9.17) is 0 Å². The van der Waals surface area contributed by atoms with E-state index in [0.717, 1.165) is 6.42 Å². The van der Waals surface area contributed by atoms with E-state index in [-0.39, 0.29) is 5.91 Å². The molecule has 1 amide bonds. The van der Waals surface area contributed by atoms with Gasteiger partial charge >= 0.3 is 0 Å². The summed E-state index contributed by atoms with van der Waals surface area (Å²) in [6.45, 7) is 6.69. The van der Waals surface area contributed by atoms with Crippen LogP contribution < -0.4 is 0 Å². The zero-order valence-electron chi connectivity index (χ0n) is 9.98. The first-order valence-electron chi connectivity index (χ1n) is 5.24. The summed E-state index contributed by atoms with van der Waals surface area (Å²) in [7, 11) is 3.64. The van der Waals surface area contributed by atoms with Gasteiger partial charge in [-0.1, -0.05) is 25.0 Å². The zero-order valence-corrected chi connectivity index (χ0v) is 9.98. The summed E-state index contributed by atoms with van der Waals surface area (Å²) >= 11 is 0. The first-order valence-corrected chi connectivity index (χ1v) is 5.24. The first-order chi connectivity index (χ1) is 6.34. The molecule has 0 unspecified atom stereocenters. The molecule has 0 aromatic carbocycles. The van der Waals surface area contributed by atoms with Crippen LogP contribution in [0.25, 0.3) is 0 Å². The Labute approximate surface area is 87.0 Å². The molecule has 2 heteroatoms. The van der Waals surface area contributed by atoms with E-state index in [0.29, 0.717) is 11.8 Å². The largest absolute Gasteiger partial charge is 0.349 e. The van der Waals surface area contributed by atoms with Crippen LogP contribution in [0.5, 0.6) is 0 Å². The van der Waals surface area contributed by atoms with Crippen molar-refractivity contribution in [1.82, 2.24) is 4.90 Å². The molecule has 0 spiro atoms. The van der Waals surface area contributed by atoms with Crippen LogP contribution >= 0.6 is 0 Å². The molecule has 1 aliphatic carbocycles. The van der Waals surface area contributed by atoms with Gasteiger partial charge in [0.1, 0.15) is 0 Å². The summed E-state index contributed by atoms with van der Waals surface area (Å²) in [4.78, 5) is 13.2. The molecule has 1 rings (SSSR count). The lowest BCUT2D eigenvalue weighted by molar-refractivity contribution is -0.127. The smallest absolute Gasteiger partial charge is 0.226 e. The molecule has 0 saturated carbocycles. The Kier molecular flexibility index (Phi) is 3.03. The van der Waals surface area contributed by atoms with Crippen LogP contribution in [0.4, 0.5) is 0 Å². The molecule has 2 nitrogen and oxygen atoms in total. The van der Waals surface area contributed by atoms with Gasteiger partial charge in [-0.25, -0.2) is 0 Å². The predicted molar refractivity (Wildman–Crippen MR) is 59.0 cm³/mol. The van der Waals surface area contributed by atoms with Gasteiger partial charge in [-0.2, -0.15) is 0 Å². The maximum atomic E-state index is 11.5. The van der Waals surface area contributed by atoms with Crippen molar-refractivity contribution in [3.8, 4) is 0 Å². The lowest BCUT2D eigenvalue weighted by atomic mass is 9.86. The van der Waals surface area contributed by atoms with Gasteiger partial charge in [0.15, 0.2) is 0 Å². The van der Waals surface area contributed by atoms with Crippen molar-refractivity contribution in [2.75, 3.05) is 14.1 Å². The molecule has 0 atom stereocenters. The Bertz CT molecular complexity index is 274. The summed E-state index contributed by atoms with van der Waals surface area (Å²) in [6, 6.07) is 0. The van der Waals surface area contributed by atoms with Gasteiger partial charge < -0.3 is 4.90 Å². The third-order valence-electron chi connectivity index (χ3n) is 3.46. The maximum Gasteiger partial charge on any atom is 0.226 e. The highest BCUT2D eigenvalue weighted by Crippen LogP contribution is 2.42. The number of carbonyl (C=O) groups is 1. The molecule has 0 saturated heterocycles. The van der Waals surface area contributed by atoms with Gasteiger partial charge in [0.05, 0.1) is 0 Å². The Morgan fingerprint density at radius 2 is 2.00 bits per heavy atom. The third kappa shape index (κ3) is 2.17. The molecule has 0 bridgehead atoms. The number of allylic oxidation sites excluding steroid dienone is 1. The fraction of sp³-hybridized carbons (Fsp3) is 0.750. The van der Waals surface area contributed by atoms with Crippen LogP contribution in [0.2, 0.25) is 0 Å². The molecule has 0 N–H and O–H groups in total. The van der Waals surface area contributed by atoms with E-state index >= 15 is 0 Å². The standard InChI is InChI=1S/C12H21NO/c1-9-10(6-7-12(9,2)3)8-11(14)13(4)5/h6-8H2,1-5H3. The van der Waals surface area contributed by atoms with Crippen molar-refractivity contribution < 1.29 is 4.79 Å². The highest BCUT2D eigenvalue weighted by atomic mass is 16.2. The molecule has 0 aromatic rings. The van der Waals surface area contributed by atoms with Crippen LogP contribution in [-0.4, -0.2) is 24.9 Å². The van der Waals surface area contributed by atoms with Crippen LogP contribution in [0.3, 0.4) is 0 Å². The van der Waals surface area contributed by atoms with E-state index in [1.165, 1.54) is 17.6 Å². The van der Waals surface area contributed by atoms with Crippen LogP contribution in [0.15, 0.2) is 11.1 Å². The van der Waals surface area contributed by atoms with Crippen molar-refractivity contribution in [3.63, 3.8) is 0 Å². The van der Waals surface area contributed by atoms with Gasteiger partial charge in [-0.15, -0.1) is 0 Å².